The molecule has 1 aromatic carbocycles. The van der Waals surface area contributed by atoms with Gasteiger partial charge in [0, 0.05) is 30.6 Å². The Morgan fingerprint density at radius 2 is 1.89 bits per heavy atom. The monoisotopic (exact) mass is 380 g/mol. The van der Waals surface area contributed by atoms with Gasteiger partial charge < -0.3 is 14.9 Å². The fourth-order valence-corrected chi connectivity index (χ4v) is 4.92. The maximum Gasteiger partial charge on any atom is 0.264 e. The fraction of sp³-hybridized carbons (Fsp3) is 0.478. The molecular formula is C23H28N2O3. The molecule has 0 unspecified atom stereocenters. The highest BCUT2D eigenvalue weighted by atomic mass is 16.3. The third-order valence-corrected chi connectivity index (χ3v) is 6.23. The molecule has 1 saturated heterocycles. The summed E-state index contributed by atoms with van der Waals surface area (Å²) in [4.78, 5) is 30.6. The number of benzene rings is 1. The van der Waals surface area contributed by atoms with Crippen LogP contribution in [0.5, 0.6) is 0 Å². The summed E-state index contributed by atoms with van der Waals surface area (Å²) in [5, 5.41) is 11.5. The summed E-state index contributed by atoms with van der Waals surface area (Å²) in [6.07, 6.45) is 5.24. The molecule has 1 aromatic rings. The highest BCUT2D eigenvalue weighted by molar-refractivity contribution is 6.17. The molecular weight excluding hydrogens is 352 g/mol. The summed E-state index contributed by atoms with van der Waals surface area (Å²) in [5.41, 5.74) is 0.380. The van der Waals surface area contributed by atoms with E-state index >= 15 is 0 Å². The molecule has 3 aliphatic rings. The summed E-state index contributed by atoms with van der Waals surface area (Å²) in [7, 11) is 0. The first-order valence-corrected chi connectivity index (χ1v) is 10.1. The van der Waals surface area contributed by atoms with Crippen molar-refractivity contribution in [3.8, 4) is 0 Å². The number of carbonyl (C=O) groups excluding carboxylic acids is 2. The number of amides is 2. The number of likely N-dealkylation sites (tertiary alicyclic amines) is 1. The Bertz CT molecular complexity index is 880. The van der Waals surface area contributed by atoms with Gasteiger partial charge in [0.1, 0.15) is 0 Å². The lowest BCUT2D eigenvalue weighted by atomic mass is 9.83. The summed E-state index contributed by atoms with van der Waals surface area (Å²) in [6.45, 7) is 9.04. The van der Waals surface area contributed by atoms with Gasteiger partial charge in [-0.3, -0.25) is 9.59 Å². The summed E-state index contributed by atoms with van der Waals surface area (Å²) in [6, 6.07) is 7.88. The Hall–Kier alpha value is -2.40. The zero-order valence-electron chi connectivity index (χ0n) is 16.7. The van der Waals surface area contributed by atoms with Gasteiger partial charge in [-0.05, 0) is 45.1 Å². The van der Waals surface area contributed by atoms with E-state index in [1.807, 2.05) is 38.1 Å². The minimum atomic E-state index is -1.86. The summed E-state index contributed by atoms with van der Waals surface area (Å²) >= 11 is 0. The van der Waals surface area contributed by atoms with Crippen LogP contribution in [0.15, 0.2) is 42.5 Å². The van der Waals surface area contributed by atoms with Gasteiger partial charge in [-0.15, -0.1) is 6.58 Å². The normalized spacial score (nSPS) is 26.2. The summed E-state index contributed by atoms with van der Waals surface area (Å²) < 4.78 is 0. The van der Waals surface area contributed by atoms with Gasteiger partial charge in [-0.1, -0.05) is 30.3 Å². The zero-order chi connectivity index (χ0) is 20.1. The van der Waals surface area contributed by atoms with Crippen LogP contribution in [0, 0.1) is 0 Å². The molecule has 3 aliphatic heterocycles. The van der Waals surface area contributed by atoms with Crippen LogP contribution in [-0.2, 0) is 16.0 Å². The quantitative estimate of drug-likeness (QED) is 0.821. The van der Waals surface area contributed by atoms with Crippen LogP contribution in [0.1, 0.15) is 50.7 Å². The summed E-state index contributed by atoms with van der Waals surface area (Å²) in [5.74, 6) is -0.635. The van der Waals surface area contributed by atoms with Crippen molar-refractivity contribution in [2.24, 2.45) is 0 Å². The SMILES string of the molecule is C=CC[C@]1(O)C(=O)N2C(=C1C(=O)N1CCCCC1)c1ccccc1CC2(C)C. The van der Waals surface area contributed by atoms with Gasteiger partial charge in [0.2, 0.25) is 0 Å². The first kappa shape index (κ1) is 18.9. The van der Waals surface area contributed by atoms with Crippen molar-refractivity contribution in [1.29, 1.82) is 0 Å². The van der Waals surface area contributed by atoms with Gasteiger partial charge >= 0.3 is 0 Å². The molecule has 1 N–H and O–H groups in total. The second-order valence-corrected chi connectivity index (χ2v) is 8.72. The fourth-order valence-electron chi connectivity index (χ4n) is 4.92. The van der Waals surface area contributed by atoms with Crippen molar-refractivity contribution < 1.29 is 14.7 Å². The average molecular weight is 380 g/mol. The number of piperidine rings is 1. The van der Waals surface area contributed by atoms with E-state index in [0.29, 0.717) is 25.2 Å². The molecule has 1 atom stereocenters. The second-order valence-electron chi connectivity index (χ2n) is 8.72. The van der Waals surface area contributed by atoms with Gasteiger partial charge in [0.25, 0.3) is 11.8 Å². The third-order valence-electron chi connectivity index (χ3n) is 6.23. The number of rotatable bonds is 3. The largest absolute Gasteiger partial charge is 0.375 e. The molecule has 28 heavy (non-hydrogen) atoms. The molecule has 0 radical (unpaired) electrons. The number of nitrogens with zero attached hydrogens (tertiary/aromatic N) is 2. The van der Waals surface area contributed by atoms with Crippen LogP contribution >= 0.6 is 0 Å². The first-order valence-electron chi connectivity index (χ1n) is 10.1. The first-order chi connectivity index (χ1) is 13.3. The van der Waals surface area contributed by atoms with E-state index in [9.17, 15) is 14.7 Å². The molecule has 0 aliphatic carbocycles. The maximum atomic E-state index is 13.6. The molecule has 2 amide bonds. The van der Waals surface area contributed by atoms with Crippen LogP contribution in [0.4, 0.5) is 0 Å². The van der Waals surface area contributed by atoms with E-state index < -0.39 is 17.0 Å². The standard InChI is InChI=1S/C23H28N2O3/c1-4-12-23(28)18(20(26)24-13-8-5-9-14-24)19-17-11-7-6-10-16(17)15-22(2,3)25(19)21(23)27/h4,6-7,10-11,28H,1,5,8-9,12-15H2,2-3H3/t23-/m1/s1. The van der Waals surface area contributed by atoms with E-state index in [0.717, 1.165) is 30.4 Å². The van der Waals surface area contributed by atoms with Crippen LogP contribution in [0.25, 0.3) is 5.70 Å². The molecule has 0 aromatic heterocycles. The van der Waals surface area contributed by atoms with Crippen molar-refractivity contribution in [1.82, 2.24) is 9.80 Å². The molecule has 0 spiro atoms. The Kier molecular flexibility index (Phi) is 4.46. The highest BCUT2D eigenvalue weighted by Crippen LogP contribution is 2.49. The van der Waals surface area contributed by atoms with Crippen molar-refractivity contribution in [2.75, 3.05) is 13.1 Å². The van der Waals surface area contributed by atoms with Crippen LogP contribution in [0.3, 0.4) is 0 Å². The molecule has 3 heterocycles. The van der Waals surface area contributed by atoms with Gasteiger partial charge in [0.15, 0.2) is 5.60 Å². The minimum absolute atomic E-state index is 0.0268. The Morgan fingerprint density at radius 1 is 1.21 bits per heavy atom. The Labute approximate surface area is 166 Å². The number of fused-ring (bicyclic) bond motifs is 3. The predicted octanol–water partition coefficient (Wildman–Crippen LogP) is 2.89. The average Bonchev–Trinajstić information content (AvgIpc) is 2.90. The Balaban J connectivity index is 1.97. The lowest BCUT2D eigenvalue weighted by Gasteiger charge is -2.43. The number of aliphatic hydroxyl groups is 1. The molecule has 5 nitrogen and oxygen atoms in total. The van der Waals surface area contributed by atoms with Crippen molar-refractivity contribution in [3.63, 3.8) is 0 Å². The van der Waals surface area contributed by atoms with Crippen LogP contribution < -0.4 is 0 Å². The molecule has 1 fully saturated rings. The minimum Gasteiger partial charge on any atom is -0.375 e. The van der Waals surface area contributed by atoms with Crippen molar-refractivity contribution >= 4 is 17.5 Å². The van der Waals surface area contributed by atoms with Crippen LogP contribution in [-0.4, -0.2) is 51.0 Å². The molecule has 0 saturated carbocycles. The van der Waals surface area contributed by atoms with Gasteiger partial charge in [-0.25, -0.2) is 0 Å². The van der Waals surface area contributed by atoms with E-state index in [1.165, 1.54) is 6.08 Å². The number of carbonyl (C=O) groups is 2. The van der Waals surface area contributed by atoms with E-state index in [-0.39, 0.29) is 17.9 Å². The Morgan fingerprint density at radius 3 is 2.57 bits per heavy atom. The van der Waals surface area contributed by atoms with Gasteiger partial charge in [0.05, 0.1) is 11.3 Å². The lowest BCUT2D eigenvalue weighted by molar-refractivity contribution is -0.147. The molecule has 4 rings (SSSR count). The smallest absolute Gasteiger partial charge is 0.264 e. The zero-order valence-corrected chi connectivity index (χ0v) is 16.7. The van der Waals surface area contributed by atoms with Crippen molar-refractivity contribution in [2.45, 2.75) is 57.1 Å². The van der Waals surface area contributed by atoms with Gasteiger partial charge in [-0.2, -0.15) is 0 Å². The van der Waals surface area contributed by atoms with Crippen LogP contribution in [0.2, 0.25) is 0 Å². The molecule has 5 heteroatoms. The number of hydrogen-bond donors (Lipinski definition) is 1. The van der Waals surface area contributed by atoms with E-state index in [2.05, 4.69) is 6.58 Å². The maximum absolute atomic E-state index is 13.6. The topological polar surface area (TPSA) is 60.9 Å². The van der Waals surface area contributed by atoms with Crippen molar-refractivity contribution in [3.05, 3.63) is 53.6 Å². The van der Waals surface area contributed by atoms with E-state index in [1.54, 1.807) is 9.80 Å². The predicted molar refractivity (Wildman–Crippen MR) is 108 cm³/mol. The molecule has 0 bridgehead atoms. The number of hydrogen-bond acceptors (Lipinski definition) is 3. The molecule has 148 valence electrons. The lowest BCUT2D eigenvalue weighted by Crippen LogP contribution is -2.53. The highest BCUT2D eigenvalue weighted by Gasteiger charge is 2.59. The second kappa shape index (κ2) is 6.59. The van der Waals surface area contributed by atoms with E-state index in [4.69, 9.17) is 0 Å². The third kappa shape index (κ3) is 2.64.